The number of imidazole rings is 1. The molecule has 96 valence electrons. The Hall–Kier alpha value is -2.97. The molecule has 9 heteroatoms. The Morgan fingerprint density at radius 2 is 1.89 bits per heavy atom. The number of hydrogen-bond donors (Lipinski definition) is 2. The predicted molar refractivity (Wildman–Crippen MR) is 68.2 cm³/mol. The average Bonchev–Trinajstić information content (AvgIpc) is 2.79. The first-order valence-electron chi connectivity index (χ1n) is 5.38. The summed E-state index contributed by atoms with van der Waals surface area (Å²) in [7, 11) is 0. The molecule has 0 spiro atoms. The first-order valence-corrected chi connectivity index (χ1v) is 5.38. The van der Waals surface area contributed by atoms with Crippen molar-refractivity contribution in [1.29, 1.82) is 0 Å². The van der Waals surface area contributed by atoms with E-state index in [1.807, 2.05) is 0 Å². The lowest BCUT2D eigenvalue weighted by atomic mass is 10.3. The molecule has 3 aromatic heterocycles. The monoisotopic (exact) mass is 258 g/mol. The number of aromatic nitrogens is 6. The fraction of sp³-hybridized carbons (Fsp3) is 0.100. The van der Waals surface area contributed by atoms with Crippen LogP contribution in [0.5, 0.6) is 0 Å². The van der Waals surface area contributed by atoms with Gasteiger partial charge in [-0.25, -0.2) is 29.1 Å². The average molecular weight is 258 g/mol. The van der Waals surface area contributed by atoms with E-state index in [9.17, 15) is 4.79 Å². The first-order chi connectivity index (χ1) is 9.08. The van der Waals surface area contributed by atoms with Crippen molar-refractivity contribution in [2.45, 2.75) is 6.92 Å². The highest BCUT2D eigenvalue weighted by Gasteiger charge is 2.11. The Balaban J connectivity index is 2.34. The van der Waals surface area contributed by atoms with Gasteiger partial charge in [-0.3, -0.25) is 0 Å². The SMILES string of the molecule is Cc1cn(-n2cnc3c(N)ncnc32)c(=O)nc1N. The standard InChI is InChI=1S/C10H10N8O/c1-5-2-17(10(19)16-7(5)11)18-4-15-6-8(12)13-3-14-9(6)18/h2-4H,1H3,(H2,11,16,19)(H2,12,13,14). The van der Waals surface area contributed by atoms with Crippen LogP contribution in [0.3, 0.4) is 0 Å². The van der Waals surface area contributed by atoms with Crippen molar-refractivity contribution in [2.75, 3.05) is 11.5 Å². The lowest BCUT2D eigenvalue weighted by Crippen LogP contribution is -2.29. The normalized spacial score (nSPS) is 11.0. The minimum absolute atomic E-state index is 0.194. The fourth-order valence-electron chi connectivity index (χ4n) is 1.70. The van der Waals surface area contributed by atoms with Crippen molar-refractivity contribution < 1.29 is 0 Å². The number of rotatable bonds is 1. The number of nitrogens with zero attached hydrogens (tertiary/aromatic N) is 6. The highest BCUT2D eigenvalue weighted by Crippen LogP contribution is 2.14. The summed E-state index contributed by atoms with van der Waals surface area (Å²) in [5, 5.41) is 0. The third kappa shape index (κ3) is 1.59. The molecular weight excluding hydrogens is 248 g/mol. The number of nitrogens with two attached hydrogens (primary N) is 2. The second-order valence-electron chi connectivity index (χ2n) is 3.96. The zero-order valence-electron chi connectivity index (χ0n) is 9.98. The lowest BCUT2D eigenvalue weighted by Gasteiger charge is -2.08. The van der Waals surface area contributed by atoms with Crippen molar-refractivity contribution in [3.8, 4) is 0 Å². The van der Waals surface area contributed by atoms with E-state index in [2.05, 4.69) is 19.9 Å². The van der Waals surface area contributed by atoms with Crippen LogP contribution >= 0.6 is 0 Å². The van der Waals surface area contributed by atoms with Gasteiger partial charge in [0.1, 0.15) is 18.5 Å². The van der Waals surface area contributed by atoms with Gasteiger partial charge in [0.15, 0.2) is 17.0 Å². The summed E-state index contributed by atoms with van der Waals surface area (Å²) in [4.78, 5) is 27.6. The highest BCUT2D eigenvalue weighted by atomic mass is 16.2. The molecule has 0 aliphatic rings. The van der Waals surface area contributed by atoms with Gasteiger partial charge in [-0.1, -0.05) is 0 Å². The molecule has 0 saturated heterocycles. The Morgan fingerprint density at radius 1 is 1.11 bits per heavy atom. The summed E-state index contributed by atoms with van der Waals surface area (Å²) < 4.78 is 2.70. The van der Waals surface area contributed by atoms with Crippen molar-refractivity contribution in [2.24, 2.45) is 0 Å². The van der Waals surface area contributed by atoms with E-state index in [0.717, 1.165) is 0 Å². The van der Waals surface area contributed by atoms with E-state index >= 15 is 0 Å². The molecule has 3 rings (SSSR count). The van der Waals surface area contributed by atoms with Gasteiger partial charge in [0.25, 0.3) is 0 Å². The maximum atomic E-state index is 11.9. The van der Waals surface area contributed by atoms with Gasteiger partial charge in [-0.15, -0.1) is 0 Å². The molecule has 19 heavy (non-hydrogen) atoms. The van der Waals surface area contributed by atoms with Crippen molar-refractivity contribution in [1.82, 2.24) is 29.3 Å². The number of hydrogen-bond acceptors (Lipinski definition) is 7. The van der Waals surface area contributed by atoms with E-state index in [0.29, 0.717) is 16.7 Å². The Kier molecular flexibility index (Phi) is 2.21. The Morgan fingerprint density at radius 3 is 2.68 bits per heavy atom. The Bertz CT molecular complexity index is 833. The van der Waals surface area contributed by atoms with Crippen molar-refractivity contribution in [3.05, 3.63) is 34.9 Å². The van der Waals surface area contributed by atoms with E-state index in [-0.39, 0.29) is 11.6 Å². The molecule has 3 heterocycles. The highest BCUT2D eigenvalue weighted by molar-refractivity contribution is 5.81. The number of anilines is 2. The van der Waals surface area contributed by atoms with Gasteiger partial charge in [0.2, 0.25) is 0 Å². The van der Waals surface area contributed by atoms with Crippen LogP contribution in [0.15, 0.2) is 23.6 Å². The van der Waals surface area contributed by atoms with Crippen LogP contribution in [-0.4, -0.2) is 29.3 Å². The molecule has 0 amide bonds. The summed E-state index contributed by atoms with van der Waals surface area (Å²) in [6.45, 7) is 1.75. The summed E-state index contributed by atoms with van der Waals surface area (Å²) >= 11 is 0. The molecule has 0 aliphatic carbocycles. The maximum Gasteiger partial charge on any atom is 0.368 e. The zero-order chi connectivity index (χ0) is 13.6. The second-order valence-corrected chi connectivity index (χ2v) is 3.96. The van der Waals surface area contributed by atoms with Gasteiger partial charge in [-0.2, -0.15) is 4.98 Å². The molecule has 0 aromatic carbocycles. The largest absolute Gasteiger partial charge is 0.383 e. The molecule has 0 aliphatic heterocycles. The molecule has 0 radical (unpaired) electrons. The molecule has 0 saturated carbocycles. The quantitative estimate of drug-likeness (QED) is 0.582. The summed E-state index contributed by atoms with van der Waals surface area (Å²) in [6.07, 6.45) is 4.29. The smallest absolute Gasteiger partial charge is 0.368 e. The molecule has 0 bridgehead atoms. The first kappa shape index (κ1) is 11.1. The topological polar surface area (TPSA) is 131 Å². The van der Waals surface area contributed by atoms with E-state index < -0.39 is 5.69 Å². The fourth-order valence-corrected chi connectivity index (χ4v) is 1.70. The summed E-state index contributed by atoms with van der Waals surface area (Å²) in [6, 6.07) is 0. The van der Waals surface area contributed by atoms with Crippen LogP contribution in [0.25, 0.3) is 11.2 Å². The van der Waals surface area contributed by atoms with Crippen LogP contribution in [0.4, 0.5) is 11.6 Å². The summed E-state index contributed by atoms with van der Waals surface area (Å²) in [5.74, 6) is 0.441. The van der Waals surface area contributed by atoms with Gasteiger partial charge < -0.3 is 11.5 Å². The van der Waals surface area contributed by atoms with E-state index in [4.69, 9.17) is 11.5 Å². The molecule has 4 N–H and O–H groups in total. The number of fused-ring (bicyclic) bond motifs is 1. The Labute approximate surface area is 106 Å². The van der Waals surface area contributed by atoms with Crippen molar-refractivity contribution in [3.63, 3.8) is 0 Å². The van der Waals surface area contributed by atoms with Crippen molar-refractivity contribution >= 4 is 22.8 Å². The maximum absolute atomic E-state index is 11.9. The second kappa shape index (κ2) is 3.77. The predicted octanol–water partition coefficient (Wildman–Crippen LogP) is -0.833. The molecule has 0 atom stereocenters. The molecule has 9 nitrogen and oxygen atoms in total. The van der Waals surface area contributed by atoms with E-state index in [1.54, 1.807) is 13.1 Å². The molecular formula is C10H10N8O. The van der Waals surface area contributed by atoms with E-state index in [1.165, 1.54) is 22.0 Å². The van der Waals surface area contributed by atoms with Gasteiger partial charge in [0, 0.05) is 11.8 Å². The third-order valence-electron chi connectivity index (χ3n) is 2.71. The summed E-state index contributed by atoms with van der Waals surface area (Å²) in [5.41, 5.74) is 12.3. The number of aryl methyl sites for hydroxylation is 1. The van der Waals surface area contributed by atoms with Crippen LogP contribution < -0.4 is 17.2 Å². The molecule has 3 aromatic rings. The molecule has 0 fully saturated rings. The van der Waals surface area contributed by atoms with Gasteiger partial charge in [-0.05, 0) is 6.92 Å². The van der Waals surface area contributed by atoms with Crippen LogP contribution in [0.1, 0.15) is 5.56 Å². The van der Waals surface area contributed by atoms with Crippen LogP contribution in [0.2, 0.25) is 0 Å². The minimum Gasteiger partial charge on any atom is -0.383 e. The number of nitrogen functional groups attached to an aromatic ring is 2. The van der Waals surface area contributed by atoms with Gasteiger partial charge >= 0.3 is 5.69 Å². The van der Waals surface area contributed by atoms with Crippen LogP contribution in [0, 0.1) is 6.92 Å². The third-order valence-corrected chi connectivity index (χ3v) is 2.71. The minimum atomic E-state index is -0.528. The van der Waals surface area contributed by atoms with Crippen LogP contribution in [-0.2, 0) is 0 Å². The van der Waals surface area contributed by atoms with Gasteiger partial charge in [0.05, 0.1) is 0 Å². The molecule has 0 unspecified atom stereocenters. The lowest BCUT2D eigenvalue weighted by molar-refractivity contribution is 0.621. The zero-order valence-corrected chi connectivity index (χ0v) is 9.98.